The maximum absolute atomic E-state index is 5.36. The van der Waals surface area contributed by atoms with Crippen molar-refractivity contribution in [2.75, 3.05) is 6.61 Å². The summed E-state index contributed by atoms with van der Waals surface area (Å²) in [6.45, 7) is 2.55. The molecule has 0 aliphatic rings. The largest absolute Gasteiger partial charge is 0.465 e. The Bertz CT molecular complexity index is 661. The number of aromatic amines is 1. The van der Waals surface area contributed by atoms with Crippen LogP contribution < -0.4 is 4.74 Å². The van der Waals surface area contributed by atoms with Crippen LogP contribution in [-0.2, 0) is 0 Å². The van der Waals surface area contributed by atoms with Gasteiger partial charge in [-0.25, -0.2) is 0 Å². The fourth-order valence-corrected chi connectivity index (χ4v) is 1.91. The molecule has 0 atom stereocenters. The molecule has 0 amide bonds. The van der Waals surface area contributed by atoms with Crippen molar-refractivity contribution < 1.29 is 4.74 Å². The van der Waals surface area contributed by atoms with E-state index in [1.807, 2.05) is 31.2 Å². The third kappa shape index (κ3) is 1.93. The quantitative estimate of drug-likeness (QED) is 0.764. The Kier molecular flexibility index (Phi) is 2.68. The van der Waals surface area contributed by atoms with Crippen molar-refractivity contribution in [3.05, 3.63) is 42.7 Å². The first-order valence-electron chi connectivity index (χ1n) is 5.90. The van der Waals surface area contributed by atoms with Gasteiger partial charge in [-0.05, 0) is 42.3 Å². The third-order valence-electron chi connectivity index (χ3n) is 2.76. The fraction of sp³-hybridized carbons (Fsp3) is 0.143. The third-order valence-corrected chi connectivity index (χ3v) is 2.76. The minimum Gasteiger partial charge on any atom is -0.465 e. The molecule has 0 bridgehead atoms. The zero-order valence-corrected chi connectivity index (χ0v) is 10.1. The SMILES string of the molecule is CCOc1nc2cc(-c3ccncc3)ccc2[nH]1. The molecule has 2 heterocycles. The number of fused-ring (bicyclic) bond motifs is 1. The molecular weight excluding hydrogens is 226 g/mol. The van der Waals surface area contributed by atoms with E-state index in [0.29, 0.717) is 12.6 Å². The Morgan fingerprint density at radius 2 is 1.94 bits per heavy atom. The first-order valence-corrected chi connectivity index (χ1v) is 5.90. The predicted octanol–water partition coefficient (Wildman–Crippen LogP) is 3.02. The number of imidazole rings is 1. The van der Waals surface area contributed by atoms with Crippen LogP contribution in [0.15, 0.2) is 42.7 Å². The highest BCUT2D eigenvalue weighted by Gasteiger charge is 2.05. The van der Waals surface area contributed by atoms with Gasteiger partial charge in [0.25, 0.3) is 6.01 Å². The smallest absolute Gasteiger partial charge is 0.294 e. The zero-order valence-electron chi connectivity index (χ0n) is 10.1. The number of hydrogen-bond donors (Lipinski definition) is 1. The number of rotatable bonds is 3. The summed E-state index contributed by atoms with van der Waals surface area (Å²) in [5, 5.41) is 0. The molecule has 0 saturated heterocycles. The molecule has 0 radical (unpaired) electrons. The monoisotopic (exact) mass is 239 g/mol. The van der Waals surface area contributed by atoms with Gasteiger partial charge in [-0.15, -0.1) is 0 Å². The molecule has 4 heteroatoms. The summed E-state index contributed by atoms with van der Waals surface area (Å²) in [5.41, 5.74) is 4.15. The van der Waals surface area contributed by atoms with E-state index in [2.05, 4.69) is 21.0 Å². The maximum atomic E-state index is 5.36. The van der Waals surface area contributed by atoms with E-state index in [0.717, 1.165) is 22.2 Å². The highest BCUT2D eigenvalue weighted by Crippen LogP contribution is 2.24. The molecule has 3 rings (SSSR count). The molecule has 1 aromatic carbocycles. The average Bonchev–Trinajstić information content (AvgIpc) is 2.81. The van der Waals surface area contributed by atoms with Crippen LogP contribution in [0.3, 0.4) is 0 Å². The van der Waals surface area contributed by atoms with Crippen LogP contribution >= 0.6 is 0 Å². The average molecular weight is 239 g/mol. The summed E-state index contributed by atoms with van der Waals surface area (Å²) in [5.74, 6) is 0. The minimum atomic E-state index is 0.569. The summed E-state index contributed by atoms with van der Waals surface area (Å²) in [6.07, 6.45) is 3.57. The highest BCUT2D eigenvalue weighted by molar-refractivity contribution is 5.82. The molecule has 0 aliphatic carbocycles. The van der Waals surface area contributed by atoms with Gasteiger partial charge < -0.3 is 9.72 Å². The number of benzene rings is 1. The van der Waals surface area contributed by atoms with Gasteiger partial charge in [-0.2, -0.15) is 4.98 Å². The number of H-pyrrole nitrogens is 1. The lowest BCUT2D eigenvalue weighted by Gasteiger charge is -1.99. The lowest BCUT2D eigenvalue weighted by Crippen LogP contribution is -1.92. The van der Waals surface area contributed by atoms with E-state index in [1.54, 1.807) is 12.4 Å². The van der Waals surface area contributed by atoms with Crippen LogP contribution in [0.25, 0.3) is 22.2 Å². The first-order chi connectivity index (χ1) is 8.86. The van der Waals surface area contributed by atoms with E-state index < -0.39 is 0 Å². The summed E-state index contributed by atoms with van der Waals surface area (Å²) in [7, 11) is 0. The Balaban J connectivity index is 2.05. The van der Waals surface area contributed by atoms with Crippen molar-refractivity contribution in [3.8, 4) is 17.1 Å². The van der Waals surface area contributed by atoms with Gasteiger partial charge in [0.05, 0.1) is 17.6 Å². The number of nitrogens with one attached hydrogen (secondary N) is 1. The summed E-state index contributed by atoms with van der Waals surface area (Å²) in [6, 6.07) is 10.7. The van der Waals surface area contributed by atoms with Gasteiger partial charge in [0, 0.05) is 12.4 Å². The number of aromatic nitrogens is 3. The summed E-state index contributed by atoms with van der Waals surface area (Å²) >= 11 is 0. The standard InChI is InChI=1S/C14H13N3O/c1-2-18-14-16-12-4-3-11(9-13(12)17-14)10-5-7-15-8-6-10/h3-9H,2H2,1H3,(H,16,17). The van der Waals surface area contributed by atoms with E-state index in [1.165, 1.54) is 0 Å². The van der Waals surface area contributed by atoms with E-state index >= 15 is 0 Å². The van der Waals surface area contributed by atoms with Crippen molar-refractivity contribution in [3.63, 3.8) is 0 Å². The van der Waals surface area contributed by atoms with Crippen LogP contribution in [0.5, 0.6) is 6.01 Å². The topological polar surface area (TPSA) is 50.8 Å². The van der Waals surface area contributed by atoms with Crippen LogP contribution in [0.2, 0.25) is 0 Å². The molecule has 0 spiro atoms. The predicted molar refractivity (Wildman–Crippen MR) is 70.5 cm³/mol. The lowest BCUT2D eigenvalue weighted by atomic mass is 10.1. The normalized spacial score (nSPS) is 10.7. The number of ether oxygens (including phenoxy) is 1. The number of nitrogens with zero attached hydrogens (tertiary/aromatic N) is 2. The Morgan fingerprint density at radius 3 is 2.72 bits per heavy atom. The van der Waals surface area contributed by atoms with Crippen molar-refractivity contribution >= 4 is 11.0 Å². The molecule has 2 aromatic heterocycles. The molecule has 3 aromatic rings. The van der Waals surface area contributed by atoms with Gasteiger partial charge in [-0.3, -0.25) is 4.98 Å². The molecule has 0 aliphatic heterocycles. The van der Waals surface area contributed by atoms with E-state index in [9.17, 15) is 0 Å². The molecule has 0 saturated carbocycles. The molecular formula is C14H13N3O. The Morgan fingerprint density at radius 1 is 1.11 bits per heavy atom. The van der Waals surface area contributed by atoms with Crippen molar-refractivity contribution in [2.45, 2.75) is 6.92 Å². The van der Waals surface area contributed by atoms with Gasteiger partial charge in [-0.1, -0.05) is 6.07 Å². The highest BCUT2D eigenvalue weighted by atomic mass is 16.5. The van der Waals surface area contributed by atoms with E-state index in [4.69, 9.17) is 4.74 Å². The fourth-order valence-electron chi connectivity index (χ4n) is 1.91. The van der Waals surface area contributed by atoms with Gasteiger partial charge >= 0.3 is 0 Å². The summed E-state index contributed by atoms with van der Waals surface area (Å²) < 4.78 is 5.36. The van der Waals surface area contributed by atoms with Gasteiger partial charge in [0.15, 0.2) is 0 Å². The second kappa shape index (κ2) is 4.49. The second-order valence-corrected chi connectivity index (χ2v) is 3.94. The van der Waals surface area contributed by atoms with Crippen LogP contribution in [0.1, 0.15) is 6.92 Å². The minimum absolute atomic E-state index is 0.569. The van der Waals surface area contributed by atoms with Crippen LogP contribution in [-0.4, -0.2) is 21.6 Å². The number of hydrogen-bond acceptors (Lipinski definition) is 3. The summed E-state index contributed by atoms with van der Waals surface area (Å²) in [4.78, 5) is 11.5. The van der Waals surface area contributed by atoms with Gasteiger partial charge in [0.1, 0.15) is 0 Å². The molecule has 4 nitrogen and oxygen atoms in total. The Hall–Kier alpha value is -2.36. The molecule has 18 heavy (non-hydrogen) atoms. The molecule has 0 fully saturated rings. The van der Waals surface area contributed by atoms with Crippen LogP contribution in [0.4, 0.5) is 0 Å². The molecule has 0 unspecified atom stereocenters. The van der Waals surface area contributed by atoms with Gasteiger partial charge in [0.2, 0.25) is 0 Å². The van der Waals surface area contributed by atoms with Crippen molar-refractivity contribution in [2.24, 2.45) is 0 Å². The zero-order chi connectivity index (χ0) is 12.4. The lowest BCUT2D eigenvalue weighted by molar-refractivity contribution is 0.317. The molecule has 90 valence electrons. The maximum Gasteiger partial charge on any atom is 0.294 e. The van der Waals surface area contributed by atoms with E-state index in [-0.39, 0.29) is 0 Å². The van der Waals surface area contributed by atoms with Crippen molar-refractivity contribution in [1.29, 1.82) is 0 Å². The second-order valence-electron chi connectivity index (χ2n) is 3.94. The van der Waals surface area contributed by atoms with Crippen LogP contribution in [0, 0.1) is 0 Å². The number of pyridine rings is 1. The Labute approximate surface area is 105 Å². The molecule has 1 N–H and O–H groups in total. The first kappa shape index (κ1) is 10.8. The van der Waals surface area contributed by atoms with Crippen molar-refractivity contribution in [1.82, 2.24) is 15.0 Å².